The molecule has 1 amide bonds. The Bertz CT molecular complexity index is 329. The number of carbonyl (C=O) groups excluding carboxylic acids is 1. The minimum absolute atomic E-state index is 0.181. The number of piperazine rings is 1. The van der Waals surface area contributed by atoms with Crippen molar-refractivity contribution in [3.05, 3.63) is 0 Å². The Balaban J connectivity index is 2.25. The smallest absolute Gasteiger partial charge is 0.219 e. The molecular weight excluding hydrogens is 286 g/mol. The number of nitrogens with zero attached hydrogens (tertiary/aromatic N) is 3. The van der Waals surface area contributed by atoms with Crippen LogP contribution in [0.25, 0.3) is 0 Å². The largest absolute Gasteiger partial charge is 0.357 e. The molecule has 0 spiro atoms. The molecule has 0 aromatic heterocycles. The molecule has 0 aromatic carbocycles. The third-order valence-corrected chi connectivity index (χ3v) is 4.06. The monoisotopic (exact) mass is 315 g/mol. The van der Waals surface area contributed by atoms with Crippen molar-refractivity contribution < 1.29 is 4.79 Å². The summed E-state index contributed by atoms with van der Waals surface area (Å²) < 4.78 is 0. The lowest BCUT2D eigenvalue weighted by Gasteiger charge is -2.33. The van der Waals surface area contributed by atoms with E-state index in [1.807, 2.05) is 16.7 Å². The second kappa shape index (κ2) is 10.7. The first-order valence-electron chi connectivity index (χ1n) is 7.66. The Morgan fingerprint density at radius 1 is 1.24 bits per heavy atom. The molecule has 7 heteroatoms. The first kappa shape index (κ1) is 18.1. The van der Waals surface area contributed by atoms with E-state index >= 15 is 0 Å². The fourth-order valence-corrected chi connectivity index (χ4v) is 2.51. The second-order valence-corrected chi connectivity index (χ2v) is 6.01. The van der Waals surface area contributed by atoms with Gasteiger partial charge in [0.25, 0.3) is 0 Å². The maximum absolute atomic E-state index is 11.3. The van der Waals surface area contributed by atoms with Gasteiger partial charge in [-0.1, -0.05) is 0 Å². The van der Waals surface area contributed by atoms with E-state index in [0.29, 0.717) is 0 Å². The highest BCUT2D eigenvalue weighted by Gasteiger charge is 2.17. The number of guanidine groups is 1. The van der Waals surface area contributed by atoms with Crippen molar-refractivity contribution in [1.82, 2.24) is 20.4 Å². The van der Waals surface area contributed by atoms with Crippen molar-refractivity contribution in [1.29, 1.82) is 0 Å². The van der Waals surface area contributed by atoms with Gasteiger partial charge in [-0.05, 0) is 13.2 Å². The van der Waals surface area contributed by atoms with Crippen molar-refractivity contribution in [3.63, 3.8) is 0 Å². The van der Waals surface area contributed by atoms with Gasteiger partial charge in [-0.25, -0.2) is 0 Å². The zero-order chi connectivity index (χ0) is 15.5. The lowest BCUT2D eigenvalue weighted by Crippen LogP contribution is -2.48. The SMILES string of the molecule is CCNC(=NCCN1CCN(C(C)=O)CC1)NCCSC. The second-order valence-electron chi connectivity index (χ2n) is 5.03. The van der Waals surface area contributed by atoms with Gasteiger partial charge >= 0.3 is 0 Å². The fourth-order valence-electron chi connectivity index (χ4n) is 2.20. The first-order chi connectivity index (χ1) is 10.2. The average molecular weight is 315 g/mol. The molecule has 0 aliphatic carbocycles. The topological polar surface area (TPSA) is 60.0 Å². The number of carbonyl (C=O) groups is 1. The van der Waals surface area contributed by atoms with Gasteiger partial charge in [-0.3, -0.25) is 14.7 Å². The molecule has 0 bridgehead atoms. The Morgan fingerprint density at radius 3 is 2.52 bits per heavy atom. The molecule has 1 rings (SSSR count). The van der Waals surface area contributed by atoms with Crippen molar-refractivity contribution in [3.8, 4) is 0 Å². The van der Waals surface area contributed by atoms with Crippen molar-refractivity contribution in [2.24, 2.45) is 4.99 Å². The minimum Gasteiger partial charge on any atom is -0.357 e. The van der Waals surface area contributed by atoms with Crippen LogP contribution in [0.15, 0.2) is 4.99 Å². The molecule has 0 saturated carbocycles. The number of rotatable bonds is 7. The molecule has 1 aliphatic heterocycles. The number of aliphatic imine (C=N–C) groups is 1. The highest BCUT2D eigenvalue weighted by Crippen LogP contribution is 2.01. The molecule has 0 radical (unpaired) electrons. The zero-order valence-electron chi connectivity index (χ0n) is 13.5. The third-order valence-electron chi connectivity index (χ3n) is 3.45. The van der Waals surface area contributed by atoms with Crippen LogP contribution in [0.5, 0.6) is 0 Å². The van der Waals surface area contributed by atoms with Gasteiger partial charge in [0.2, 0.25) is 5.91 Å². The van der Waals surface area contributed by atoms with Crippen LogP contribution in [-0.2, 0) is 4.79 Å². The van der Waals surface area contributed by atoms with E-state index in [9.17, 15) is 4.79 Å². The Labute approximate surface area is 132 Å². The first-order valence-corrected chi connectivity index (χ1v) is 9.05. The predicted molar refractivity (Wildman–Crippen MR) is 91.1 cm³/mol. The lowest BCUT2D eigenvalue weighted by atomic mass is 10.3. The van der Waals surface area contributed by atoms with Crippen molar-refractivity contribution in [2.75, 3.05) is 64.4 Å². The van der Waals surface area contributed by atoms with Crippen LogP contribution >= 0.6 is 11.8 Å². The summed E-state index contributed by atoms with van der Waals surface area (Å²) >= 11 is 1.83. The molecule has 1 heterocycles. The molecule has 2 N–H and O–H groups in total. The molecule has 6 nitrogen and oxygen atoms in total. The lowest BCUT2D eigenvalue weighted by molar-refractivity contribution is -0.130. The molecule has 1 fully saturated rings. The summed E-state index contributed by atoms with van der Waals surface area (Å²) in [6, 6.07) is 0. The Kier molecular flexibility index (Phi) is 9.25. The van der Waals surface area contributed by atoms with E-state index in [1.54, 1.807) is 6.92 Å². The molecule has 1 saturated heterocycles. The standard InChI is InChI=1S/C14H29N5OS/c1-4-15-14(17-6-12-21-3)16-5-7-18-8-10-19(11-9-18)13(2)20/h4-12H2,1-3H3,(H2,15,16,17). The van der Waals surface area contributed by atoms with Crippen LogP contribution in [-0.4, -0.2) is 86.0 Å². The van der Waals surface area contributed by atoms with Crippen LogP contribution in [0, 0.1) is 0 Å². The van der Waals surface area contributed by atoms with E-state index in [4.69, 9.17) is 0 Å². The van der Waals surface area contributed by atoms with Crippen LogP contribution in [0.1, 0.15) is 13.8 Å². The number of thioether (sulfide) groups is 1. The van der Waals surface area contributed by atoms with Crippen LogP contribution < -0.4 is 10.6 Å². The van der Waals surface area contributed by atoms with E-state index in [1.165, 1.54) is 0 Å². The predicted octanol–water partition coefficient (Wildman–Crippen LogP) is 0.0686. The van der Waals surface area contributed by atoms with Gasteiger partial charge in [-0.2, -0.15) is 11.8 Å². The van der Waals surface area contributed by atoms with Gasteiger partial charge < -0.3 is 15.5 Å². The van der Waals surface area contributed by atoms with Crippen LogP contribution in [0.2, 0.25) is 0 Å². The summed E-state index contributed by atoms with van der Waals surface area (Å²) in [5, 5.41) is 6.59. The number of hydrogen-bond donors (Lipinski definition) is 2. The van der Waals surface area contributed by atoms with Crippen LogP contribution in [0.4, 0.5) is 0 Å². The fraction of sp³-hybridized carbons (Fsp3) is 0.857. The quantitative estimate of drug-likeness (QED) is 0.395. The van der Waals surface area contributed by atoms with Crippen LogP contribution in [0.3, 0.4) is 0 Å². The normalized spacial score (nSPS) is 16.9. The maximum Gasteiger partial charge on any atom is 0.219 e. The molecule has 0 unspecified atom stereocenters. The zero-order valence-corrected chi connectivity index (χ0v) is 14.3. The van der Waals surface area contributed by atoms with Gasteiger partial charge in [-0.15, -0.1) is 0 Å². The highest BCUT2D eigenvalue weighted by atomic mass is 32.2. The number of nitrogens with one attached hydrogen (secondary N) is 2. The molecule has 0 aromatic rings. The summed E-state index contributed by atoms with van der Waals surface area (Å²) in [4.78, 5) is 20.1. The Morgan fingerprint density at radius 2 is 1.95 bits per heavy atom. The van der Waals surface area contributed by atoms with Gasteiger partial charge in [0, 0.05) is 58.5 Å². The summed E-state index contributed by atoms with van der Waals surface area (Å²) in [5.41, 5.74) is 0. The van der Waals surface area contributed by atoms with Crippen molar-refractivity contribution in [2.45, 2.75) is 13.8 Å². The van der Waals surface area contributed by atoms with Gasteiger partial charge in [0.05, 0.1) is 6.54 Å². The Hall–Kier alpha value is -0.950. The van der Waals surface area contributed by atoms with Gasteiger partial charge in [0.1, 0.15) is 0 Å². The highest BCUT2D eigenvalue weighted by molar-refractivity contribution is 7.98. The third kappa shape index (κ3) is 7.57. The van der Waals surface area contributed by atoms with E-state index < -0.39 is 0 Å². The van der Waals surface area contributed by atoms with E-state index in [-0.39, 0.29) is 5.91 Å². The summed E-state index contributed by atoms with van der Waals surface area (Å²) in [6.07, 6.45) is 2.10. The summed E-state index contributed by atoms with van der Waals surface area (Å²) in [5.74, 6) is 2.16. The van der Waals surface area contributed by atoms with E-state index in [0.717, 1.165) is 64.1 Å². The van der Waals surface area contributed by atoms with Crippen molar-refractivity contribution >= 4 is 23.6 Å². The maximum atomic E-state index is 11.3. The minimum atomic E-state index is 0.181. The number of hydrogen-bond acceptors (Lipinski definition) is 4. The molecule has 122 valence electrons. The molecule has 1 aliphatic rings. The number of amides is 1. The van der Waals surface area contributed by atoms with E-state index in [2.05, 4.69) is 33.7 Å². The average Bonchev–Trinajstić information content (AvgIpc) is 2.48. The molecular formula is C14H29N5OS. The molecule has 21 heavy (non-hydrogen) atoms. The van der Waals surface area contributed by atoms with Gasteiger partial charge in [0.15, 0.2) is 5.96 Å². The molecule has 0 atom stereocenters. The summed E-state index contributed by atoms with van der Waals surface area (Å²) in [6.45, 7) is 10.8. The summed E-state index contributed by atoms with van der Waals surface area (Å²) in [7, 11) is 0.